The third-order valence-electron chi connectivity index (χ3n) is 7.92. The molecule has 6 heteroatoms. The van der Waals surface area contributed by atoms with Crippen LogP contribution in [0.3, 0.4) is 0 Å². The van der Waals surface area contributed by atoms with Gasteiger partial charge in [0.15, 0.2) is 11.6 Å². The summed E-state index contributed by atoms with van der Waals surface area (Å²) >= 11 is 0. The normalized spacial score (nSPS) is 19.8. The van der Waals surface area contributed by atoms with E-state index < -0.39 is 17.8 Å². The van der Waals surface area contributed by atoms with Crippen LogP contribution < -0.4 is 0 Å². The molecule has 1 fully saturated rings. The average Bonchev–Trinajstić information content (AvgIpc) is 2.92. The van der Waals surface area contributed by atoms with E-state index in [0.717, 1.165) is 31.5 Å². The number of rotatable bonds is 10. The Bertz CT molecular complexity index is 1300. The van der Waals surface area contributed by atoms with Crippen molar-refractivity contribution >= 4 is 11.6 Å². The summed E-state index contributed by atoms with van der Waals surface area (Å²) < 4.78 is 14.9. The second kappa shape index (κ2) is 12.7. The van der Waals surface area contributed by atoms with Crippen molar-refractivity contribution in [3.8, 4) is 5.75 Å². The lowest BCUT2D eigenvalue weighted by Gasteiger charge is -2.43. The van der Waals surface area contributed by atoms with Gasteiger partial charge in [0.05, 0.1) is 0 Å². The van der Waals surface area contributed by atoms with Crippen molar-refractivity contribution in [1.82, 2.24) is 9.80 Å². The van der Waals surface area contributed by atoms with Gasteiger partial charge in [-0.05, 0) is 83.2 Å². The van der Waals surface area contributed by atoms with Crippen molar-refractivity contribution < 1.29 is 19.1 Å². The van der Waals surface area contributed by atoms with Crippen LogP contribution in [0.15, 0.2) is 66.7 Å². The molecular formula is C33H39FN2O3. The Balaban J connectivity index is 1.78. The number of phenolic OH excluding ortho intramolecular Hbond substituents is 1. The lowest BCUT2D eigenvalue weighted by Crippen LogP contribution is -2.50. The van der Waals surface area contributed by atoms with Crippen LogP contribution in [-0.4, -0.2) is 66.7 Å². The van der Waals surface area contributed by atoms with Crippen LogP contribution in [0.4, 0.5) is 4.39 Å². The summed E-state index contributed by atoms with van der Waals surface area (Å²) in [5, 5.41) is 10.1. The van der Waals surface area contributed by atoms with Crippen molar-refractivity contribution in [3.05, 3.63) is 100 Å². The zero-order valence-corrected chi connectivity index (χ0v) is 23.4. The van der Waals surface area contributed by atoms with E-state index in [1.807, 2.05) is 51.4 Å². The Morgan fingerprint density at radius 2 is 1.54 bits per heavy atom. The third kappa shape index (κ3) is 6.81. The highest BCUT2D eigenvalue weighted by Gasteiger charge is 2.45. The van der Waals surface area contributed by atoms with E-state index in [4.69, 9.17) is 0 Å². The number of halogens is 1. The Hall–Kier alpha value is -3.35. The summed E-state index contributed by atoms with van der Waals surface area (Å²) in [6.45, 7) is 6.41. The second-order valence-corrected chi connectivity index (χ2v) is 11.1. The standard InChI is InChI=1S/C33H39FN2O3/c1-22-13-15-24(16-14-22)32(38)28-20-36(18-6-5-17-35(3)4)21-29(33(39)25-9-7-10-26(37)19-25)31(28)27-11-8-12-30(34)23(27)2/h7-16,19,28-29,31,37H,5-6,17-18,20-21H2,1-4H3. The highest BCUT2D eigenvalue weighted by atomic mass is 19.1. The molecule has 0 saturated carbocycles. The predicted octanol–water partition coefficient (Wildman–Crippen LogP) is 5.89. The largest absolute Gasteiger partial charge is 0.508 e. The van der Waals surface area contributed by atoms with Gasteiger partial charge >= 0.3 is 0 Å². The van der Waals surface area contributed by atoms with Crippen LogP contribution >= 0.6 is 0 Å². The maximum atomic E-state index is 14.9. The third-order valence-corrected chi connectivity index (χ3v) is 7.92. The lowest BCUT2D eigenvalue weighted by atomic mass is 9.67. The molecule has 0 aliphatic carbocycles. The molecule has 3 atom stereocenters. The number of aromatic hydroxyl groups is 1. The van der Waals surface area contributed by atoms with Gasteiger partial charge in [-0.15, -0.1) is 0 Å². The van der Waals surface area contributed by atoms with Crippen LogP contribution in [0.1, 0.15) is 56.2 Å². The molecule has 1 saturated heterocycles. The number of likely N-dealkylation sites (tertiary alicyclic amines) is 1. The molecule has 1 N–H and O–H groups in total. The molecule has 0 amide bonds. The maximum Gasteiger partial charge on any atom is 0.167 e. The minimum absolute atomic E-state index is 0.0166. The molecule has 3 aromatic rings. The molecule has 0 aromatic heterocycles. The number of phenols is 1. The quantitative estimate of drug-likeness (QED) is 0.262. The molecule has 3 unspecified atom stereocenters. The fraction of sp³-hybridized carbons (Fsp3) is 0.394. The van der Waals surface area contributed by atoms with E-state index in [1.165, 1.54) is 18.2 Å². The van der Waals surface area contributed by atoms with E-state index in [-0.39, 0.29) is 23.1 Å². The van der Waals surface area contributed by atoms with Crippen LogP contribution in [-0.2, 0) is 0 Å². The smallest absolute Gasteiger partial charge is 0.167 e. The van der Waals surface area contributed by atoms with Crippen LogP contribution in [0, 0.1) is 31.5 Å². The number of ketones is 2. The summed E-state index contributed by atoms with van der Waals surface area (Å²) in [6.07, 6.45) is 1.96. The topological polar surface area (TPSA) is 60.9 Å². The van der Waals surface area contributed by atoms with Crippen LogP contribution in [0.25, 0.3) is 0 Å². The molecule has 1 aliphatic heterocycles. The Labute approximate surface area is 231 Å². The van der Waals surface area contributed by atoms with Crippen molar-refractivity contribution in [2.45, 2.75) is 32.6 Å². The number of aryl methyl sites for hydroxylation is 1. The van der Waals surface area contributed by atoms with E-state index in [1.54, 1.807) is 25.1 Å². The van der Waals surface area contributed by atoms with Crippen LogP contribution in [0.5, 0.6) is 5.75 Å². The highest BCUT2D eigenvalue weighted by molar-refractivity contribution is 6.02. The minimum atomic E-state index is -0.575. The Morgan fingerprint density at radius 1 is 0.897 bits per heavy atom. The van der Waals surface area contributed by atoms with Gasteiger partial charge in [0, 0.05) is 42.0 Å². The monoisotopic (exact) mass is 530 g/mol. The predicted molar refractivity (Wildman–Crippen MR) is 153 cm³/mol. The van der Waals surface area contributed by atoms with Gasteiger partial charge in [0.25, 0.3) is 0 Å². The number of hydrogen-bond acceptors (Lipinski definition) is 5. The Kier molecular flexibility index (Phi) is 9.31. The van der Waals surface area contributed by atoms with E-state index in [2.05, 4.69) is 9.80 Å². The van der Waals surface area contributed by atoms with Gasteiger partial charge in [-0.3, -0.25) is 9.59 Å². The van der Waals surface area contributed by atoms with Gasteiger partial charge in [0.2, 0.25) is 0 Å². The number of nitrogens with zero attached hydrogens (tertiary/aromatic N) is 2. The van der Waals surface area contributed by atoms with Crippen LogP contribution in [0.2, 0.25) is 0 Å². The molecule has 39 heavy (non-hydrogen) atoms. The zero-order valence-electron chi connectivity index (χ0n) is 23.4. The molecule has 1 heterocycles. The molecule has 0 spiro atoms. The first-order valence-electron chi connectivity index (χ1n) is 13.7. The molecule has 5 nitrogen and oxygen atoms in total. The number of benzene rings is 3. The fourth-order valence-corrected chi connectivity index (χ4v) is 5.80. The molecular weight excluding hydrogens is 491 g/mol. The fourth-order valence-electron chi connectivity index (χ4n) is 5.80. The molecule has 4 rings (SSSR count). The number of Topliss-reactive ketones (excluding diaryl/α,β-unsaturated/α-hetero) is 2. The second-order valence-electron chi connectivity index (χ2n) is 11.1. The first-order valence-corrected chi connectivity index (χ1v) is 13.7. The lowest BCUT2D eigenvalue weighted by molar-refractivity contribution is 0.0567. The zero-order chi connectivity index (χ0) is 28.1. The van der Waals surface area contributed by atoms with E-state index in [9.17, 15) is 19.1 Å². The number of carbonyl (C=O) groups excluding carboxylic acids is 2. The van der Waals surface area contributed by atoms with Gasteiger partial charge in [-0.2, -0.15) is 0 Å². The van der Waals surface area contributed by atoms with Crippen molar-refractivity contribution in [2.24, 2.45) is 11.8 Å². The Morgan fingerprint density at radius 3 is 2.18 bits per heavy atom. The van der Waals surface area contributed by atoms with Gasteiger partial charge < -0.3 is 14.9 Å². The molecule has 1 aliphatic rings. The van der Waals surface area contributed by atoms with Crippen molar-refractivity contribution in [3.63, 3.8) is 0 Å². The molecule has 206 valence electrons. The van der Waals surface area contributed by atoms with Gasteiger partial charge in [-0.25, -0.2) is 4.39 Å². The summed E-state index contributed by atoms with van der Waals surface area (Å²) in [7, 11) is 4.10. The SMILES string of the molecule is Cc1ccc(C(=O)C2CN(CCCCN(C)C)CC(C(=O)c3cccc(O)c3)C2c2cccc(F)c2C)cc1. The summed E-state index contributed by atoms with van der Waals surface area (Å²) in [6, 6.07) is 18.8. The number of piperidine rings is 1. The summed E-state index contributed by atoms with van der Waals surface area (Å²) in [5.74, 6) is -2.10. The summed E-state index contributed by atoms with van der Waals surface area (Å²) in [5.41, 5.74) is 3.23. The highest BCUT2D eigenvalue weighted by Crippen LogP contribution is 2.42. The van der Waals surface area contributed by atoms with Gasteiger partial charge in [-0.1, -0.05) is 54.1 Å². The maximum absolute atomic E-state index is 14.9. The molecule has 0 radical (unpaired) electrons. The molecule has 0 bridgehead atoms. The van der Waals surface area contributed by atoms with E-state index in [0.29, 0.717) is 35.3 Å². The van der Waals surface area contributed by atoms with Crippen molar-refractivity contribution in [2.75, 3.05) is 40.3 Å². The minimum Gasteiger partial charge on any atom is -0.508 e. The number of unbranched alkanes of at least 4 members (excludes halogenated alkanes) is 1. The van der Waals surface area contributed by atoms with E-state index >= 15 is 0 Å². The first kappa shape index (κ1) is 28.7. The first-order chi connectivity index (χ1) is 18.7. The van der Waals surface area contributed by atoms with Gasteiger partial charge in [0.1, 0.15) is 11.6 Å². The number of carbonyl (C=O) groups is 2. The van der Waals surface area contributed by atoms with Crippen molar-refractivity contribution in [1.29, 1.82) is 0 Å². The summed E-state index contributed by atoms with van der Waals surface area (Å²) in [4.78, 5) is 32.6. The average molecular weight is 531 g/mol. The number of hydrogen-bond donors (Lipinski definition) is 1. The molecule has 3 aromatic carbocycles.